The summed E-state index contributed by atoms with van der Waals surface area (Å²) < 4.78 is 0. The first-order chi connectivity index (χ1) is 15.0. The van der Waals surface area contributed by atoms with Crippen LogP contribution in [0.15, 0.2) is 48.5 Å². The van der Waals surface area contributed by atoms with Gasteiger partial charge in [-0.15, -0.1) is 0 Å². The number of ketones is 1. The first-order valence-corrected chi connectivity index (χ1v) is 10.7. The number of pyridine rings is 1. The average molecular weight is 414 g/mol. The van der Waals surface area contributed by atoms with E-state index in [1.807, 2.05) is 37.3 Å². The maximum Gasteiger partial charge on any atom is 0.162 e. The van der Waals surface area contributed by atoms with E-state index < -0.39 is 0 Å². The van der Waals surface area contributed by atoms with Crippen LogP contribution in [-0.4, -0.2) is 58.9 Å². The van der Waals surface area contributed by atoms with E-state index in [1.165, 1.54) is 0 Å². The highest BCUT2D eigenvalue weighted by Gasteiger charge is 2.22. The Bertz CT molecular complexity index is 1250. The number of Topliss-reactive ketones (excluding diaryl/α,β-unsaturated/α-hetero) is 1. The fourth-order valence-electron chi connectivity index (χ4n) is 4.50. The second-order valence-electron chi connectivity index (χ2n) is 8.38. The van der Waals surface area contributed by atoms with Gasteiger partial charge in [-0.2, -0.15) is 0 Å². The molecule has 1 aliphatic heterocycles. The molecule has 158 valence electrons. The third kappa shape index (κ3) is 3.53. The lowest BCUT2D eigenvalue weighted by Gasteiger charge is -2.33. The van der Waals surface area contributed by atoms with Crippen molar-refractivity contribution in [2.75, 3.05) is 38.1 Å². The molecule has 0 bridgehead atoms. The summed E-state index contributed by atoms with van der Waals surface area (Å²) >= 11 is 0. The van der Waals surface area contributed by atoms with Crippen LogP contribution in [0.2, 0.25) is 0 Å². The number of carbonyl (C=O) groups excluding carboxylic acids is 1. The summed E-state index contributed by atoms with van der Waals surface area (Å²) in [5.41, 5.74) is 6.31. The number of likely N-dealkylation sites (N-methyl/N-ethyl adjacent to an activating group) is 1. The molecule has 0 unspecified atom stereocenters. The summed E-state index contributed by atoms with van der Waals surface area (Å²) in [6, 6.07) is 16.4. The number of hydrogen-bond donors (Lipinski definition) is 2. The summed E-state index contributed by atoms with van der Waals surface area (Å²) in [5.74, 6) is 1.06. The van der Waals surface area contributed by atoms with Gasteiger partial charge in [-0.1, -0.05) is 30.3 Å². The zero-order valence-electron chi connectivity index (χ0n) is 18.2. The highest BCUT2D eigenvalue weighted by atomic mass is 16.1. The molecule has 3 aromatic heterocycles. The van der Waals surface area contributed by atoms with E-state index in [1.54, 1.807) is 6.92 Å². The van der Waals surface area contributed by atoms with Gasteiger partial charge in [0.25, 0.3) is 0 Å². The number of H-pyrrole nitrogens is 2. The van der Waals surface area contributed by atoms with E-state index in [4.69, 9.17) is 4.98 Å². The molecule has 2 N–H and O–H groups in total. The average Bonchev–Trinajstić information content (AvgIpc) is 3.35. The fraction of sp³-hybridized carbons (Fsp3) is 0.280. The van der Waals surface area contributed by atoms with E-state index >= 15 is 0 Å². The number of benzene rings is 1. The van der Waals surface area contributed by atoms with Gasteiger partial charge in [-0.25, -0.2) is 4.98 Å². The first kappa shape index (κ1) is 19.6. The fourth-order valence-corrected chi connectivity index (χ4v) is 4.50. The number of fused-ring (bicyclic) bond motifs is 1. The van der Waals surface area contributed by atoms with E-state index in [0.717, 1.165) is 76.8 Å². The third-order valence-electron chi connectivity index (χ3n) is 6.16. The molecule has 0 saturated carbocycles. The number of piperazine rings is 1. The molecule has 6 nitrogen and oxygen atoms in total. The lowest BCUT2D eigenvalue weighted by Crippen LogP contribution is -2.44. The van der Waals surface area contributed by atoms with Crippen molar-refractivity contribution in [3.8, 4) is 22.5 Å². The van der Waals surface area contributed by atoms with Crippen molar-refractivity contribution in [2.45, 2.75) is 13.8 Å². The minimum Gasteiger partial charge on any atom is -0.356 e. The number of nitrogens with one attached hydrogen (secondary N) is 2. The van der Waals surface area contributed by atoms with Gasteiger partial charge >= 0.3 is 0 Å². The Morgan fingerprint density at radius 2 is 1.74 bits per heavy atom. The van der Waals surface area contributed by atoms with E-state index in [-0.39, 0.29) is 5.78 Å². The second-order valence-corrected chi connectivity index (χ2v) is 8.38. The van der Waals surface area contributed by atoms with Gasteiger partial charge in [0.2, 0.25) is 0 Å². The number of aromatic amines is 2. The highest BCUT2D eigenvalue weighted by Crippen LogP contribution is 2.37. The molecule has 4 heterocycles. The molecule has 4 aromatic rings. The zero-order valence-corrected chi connectivity index (χ0v) is 18.2. The number of hydrogen-bond acceptors (Lipinski definition) is 4. The number of rotatable bonds is 4. The number of anilines is 1. The predicted octanol–water partition coefficient (Wildman–Crippen LogP) is 4.49. The third-order valence-corrected chi connectivity index (χ3v) is 6.16. The van der Waals surface area contributed by atoms with Crippen LogP contribution in [0.4, 0.5) is 5.82 Å². The molecule has 1 saturated heterocycles. The molecular formula is C25H27N5O. The Balaban J connectivity index is 1.60. The standard InChI is InChI=1S/C25H27N5O/c1-16-22(17(2)31)23(18-7-5-4-6-8-18)24(26-16)20-15-19-9-10-21(28-25(19)27-20)30-13-11-29(3)12-14-30/h4-10,15,26H,11-14H2,1-3H3,(H,27,28). The molecule has 0 spiro atoms. The quantitative estimate of drug-likeness (QED) is 0.484. The Hall–Kier alpha value is -3.38. The van der Waals surface area contributed by atoms with Gasteiger partial charge in [0.1, 0.15) is 11.5 Å². The summed E-state index contributed by atoms with van der Waals surface area (Å²) in [5, 5.41) is 1.06. The summed E-state index contributed by atoms with van der Waals surface area (Å²) in [6.07, 6.45) is 0. The van der Waals surface area contributed by atoms with Crippen LogP contribution in [0.5, 0.6) is 0 Å². The van der Waals surface area contributed by atoms with Gasteiger partial charge in [0.05, 0.1) is 11.4 Å². The van der Waals surface area contributed by atoms with Crippen LogP contribution >= 0.6 is 0 Å². The number of carbonyl (C=O) groups is 1. The van der Waals surface area contributed by atoms with E-state index in [0.29, 0.717) is 0 Å². The van der Waals surface area contributed by atoms with Gasteiger partial charge in [-0.05, 0) is 44.7 Å². The lowest BCUT2D eigenvalue weighted by molar-refractivity contribution is 0.101. The zero-order chi connectivity index (χ0) is 21.5. The van der Waals surface area contributed by atoms with Crippen molar-refractivity contribution in [2.24, 2.45) is 0 Å². The normalized spacial score (nSPS) is 15.0. The molecule has 0 radical (unpaired) electrons. The van der Waals surface area contributed by atoms with Crippen molar-refractivity contribution in [3.05, 3.63) is 59.8 Å². The number of aryl methyl sites for hydroxylation is 1. The summed E-state index contributed by atoms with van der Waals surface area (Å²) in [7, 11) is 2.16. The van der Waals surface area contributed by atoms with Crippen molar-refractivity contribution in [1.82, 2.24) is 19.9 Å². The molecular weight excluding hydrogens is 386 g/mol. The maximum absolute atomic E-state index is 12.5. The Morgan fingerprint density at radius 3 is 2.45 bits per heavy atom. The van der Waals surface area contributed by atoms with Crippen LogP contribution < -0.4 is 4.90 Å². The van der Waals surface area contributed by atoms with Crippen molar-refractivity contribution in [1.29, 1.82) is 0 Å². The van der Waals surface area contributed by atoms with Crippen LogP contribution in [0.1, 0.15) is 23.0 Å². The van der Waals surface area contributed by atoms with Crippen LogP contribution in [-0.2, 0) is 0 Å². The highest BCUT2D eigenvalue weighted by molar-refractivity contribution is 6.06. The SMILES string of the molecule is CC(=O)c1c(C)[nH]c(-c2cc3ccc(N4CCN(C)CC4)nc3[nH]2)c1-c1ccccc1. The molecule has 6 heteroatoms. The van der Waals surface area contributed by atoms with Gasteiger partial charge in [-0.3, -0.25) is 4.79 Å². The van der Waals surface area contributed by atoms with Gasteiger partial charge in [0.15, 0.2) is 5.78 Å². The monoisotopic (exact) mass is 413 g/mol. The van der Waals surface area contributed by atoms with Gasteiger partial charge in [0, 0.05) is 48.4 Å². The summed E-state index contributed by atoms with van der Waals surface area (Å²) in [4.78, 5) is 29.0. The summed E-state index contributed by atoms with van der Waals surface area (Å²) in [6.45, 7) is 7.65. The van der Waals surface area contributed by atoms with Crippen molar-refractivity contribution < 1.29 is 4.79 Å². The predicted molar refractivity (Wildman–Crippen MR) is 126 cm³/mol. The molecule has 1 aromatic carbocycles. The van der Waals surface area contributed by atoms with Crippen molar-refractivity contribution >= 4 is 22.6 Å². The first-order valence-electron chi connectivity index (χ1n) is 10.7. The molecule has 1 fully saturated rings. The molecule has 0 aliphatic carbocycles. The van der Waals surface area contributed by atoms with E-state index in [9.17, 15) is 4.79 Å². The Morgan fingerprint density at radius 1 is 1.00 bits per heavy atom. The van der Waals surface area contributed by atoms with Crippen LogP contribution in [0.3, 0.4) is 0 Å². The van der Waals surface area contributed by atoms with E-state index in [2.05, 4.69) is 45.0 Å². The smallest absolute Gasteiger partial charge is 0.162 e. The lowest BCUT2D eigenvalue weighted by atomic mass is 9.97. The number of nitrogens with zero attached hydrogens (tertiary/aromatic N) is 3. The second kappa shape index (κ2) is 7.71. The largest absolute Gasteiger partial charge is 0.356 e. The van der Waals surface area contributed by atoms with Crippen molar-refractivity contribution in [3.63, 3.8) is 0 Å². The molecule has 31 heavy (non-hydrogen) atoms. The Kier molecular flexibility index (Phi) is 4.87. The molecule has 5 rings (SSSR count). The molecule has 0 amide bonds. The van der Waals surface area contributed by atoms with Crippen LogP contribution in [0, 0.1) is 6.92 Å². The number of aromatic nitrogens is 3. The topological polar surface area (TPSA) is 68.0 Å². The minimum absolute atomic E-state index is 0.0606. The maximum atomic E-state index is 12.5. The molecule has 0 atom stereocenters. The Labute approximate surface area is 181 Å². The van der Waals surface area contributed by atoms with Gasteiger partial charge < -0.3 is 19.8 Å². The van der Waals surface area contributed by atoms with Crippen LogP contribution in [0.25, 0.3) is 33.5 Å². The molecule has 1 aliphatic rings. The minimum atomic E-state index is 0.0606.